The first-order valence-electron chi connectivity index (χ1n) is 6.48. The minimum atomic E-state index is 0.486. The van der Waals surface area contributed by atoms with Gasteiger partial charge in [-0.05, 0) is 25.7 Å². The van der Waals surface area contributed by atoms with E-state index >= 15 is 0 Å². The SMILES string of the molecule is C1CCC(N2NC23CCCCC3)CC1. The summed E-state index contributed by atoms with van der Waals surface area (Å²) < 4.78 is 0. The van der Waals surface area contributed by atoms with Gasteiger partial charge < -0.3 is 0 Å². The van der Waals surface area contributed by atoms with Gasteiger partial charge in [-0.3, -0.25) is 0 Å². The highest BCUT2D eigenvalue weighted by Crippen LogP contribution is 2.43. The van der Waals surface area contributed by atoms with Gasteiger partial charge in [-0.2, -0.15) is 0 Å². The van der Waals surface area contributed by atoms with Gasteiger partial charge in [-0.1, -0.05) is 38.5 Å². The molecule has 3 fully saturated rings. The number of hydrogen-bond donors (Lipinski definition) is 1. The van der Waals surface area contributed by atoms with E-state index in [0.29, 0.717) is 5.66 Å². The topological polar surface area (TPSA) is 25.0 Å². The fourth-order valence-corrected chi connectivity index (χ4v) is 3.47. The Balaban J connectivity index is 1.59. The predicted molar refractivity (Wildman–Crippen MR) is 57.7 cm³/mol. The van der Waals surface area contributed by atoms with Crippen molar-refractivity contribution in [3.05, 3.63) is 0 Å². The van der Waals surface area contributed by atoms with Crippen LogP contribution in [0.3, 0.4) is 0 Å². The lowest BCUT2D eigenvalue weighted by molar-refractivity contribution is 0.213. The minimum Gasteiger partial charge on any atom is -0.232 e. The van der Waals surface area contributed by atoms with Crippen LogP contribution < -0.4 is 5.43 Å². The van der Waals surface area contributed by atoms with Crippen LogP contribution in [0, 0.1) is 0 Å². The molecule has 1 heterocycles. The van der Waals surface area contributed by atoms with Crippen molar-refractivity contribution in [2.24, 2.45) is 0 Å². The fraction of sp³-hybridized carbons (Fsp3) is 1.00. The van der Waals surface area contributed by atoms with Gasteiger partial charge in [-0.25, -0.2) is 10.4 Å². The number of hydrogen-bond acceptors (Lipinski definition) is 2. The maximum absolute atomic E-state index is 3.69. The summed E-state index contributed by atoms with van der Waals surface area (Å²) in [5.41, 5.74) is 4.17. The van der Waals surface area contributed by atoms with Crippen LogP contribution in [0.15, 0.2) is 0 Å². The Morgan fingerprint density at radius 3 is 2.21 bits per heavy atom. The lowest BCUT2D eigenvalue weighted by Crippen LogP contribution is -2.30. The van der Waals surface area contributed by atoms with Crippen molar-refractivity contribution in [1.29, 1.82) is 0 Å². The second-order valence-electron chi connectivity index (χ2n) is 5.37. The van der Waals surface area contributed by atoms with Crippen molar-refractivity contribution in [2.75, 3.05) is 0 Å². The average Bonchev–Trinajstić information content (AvgIpc) is 2.95. The summed E-state index contributed by atoms with van der Waals surface area (Å²) in [5.74, 6) is 0. The summed E-state index contributed by atoms with van der Waals surface area (Å²) >= 11 is 0. The molecule has 1 saturated heterocycles. The lowest BCUT2D eigenvalue weighted by atomic mass is 9.90. The van der Waals surface area contributed by atoms with Crippen molar-refractivity contribution in [3.8, 4) is 0 Å². The number of nitrogens with one attached hydrogen (secondary N) is 1. The smallest absolute Gasteiger partial charge is 0.0977 e. The molecule has 2 nitrogen and oxygen atoms in total. The molecule has 14 heavy (non-hydrogen) atoms. The molecule has 0 radical (unpaired) electrons. The van der Waals surface area contributed by atoms with Crippen LogP contribution in [0.2, 0.25) is 0 Å². The van der Waals surface area contributed by atoms with Gasteiger partial charge in [0.15, 0.2) is 0 Å². The molecule has 3 rings (SSSR count). The second-order valence-corrected chi connectivity index (χ2v) is 5.37. The Kier molecular flexibility index (Phi) is 2.29. The number of hydrazine groups is 1. The third-order valence-electron chi connectivity index (χ3n) is 4.36. The van der Waals surface area contributed by atoms with Crippen molar-refractivity contribution in [3.63, 3.8) is 0 Å². The van der Waals surface area contributed by atoms with Crippen LogP contribution in [-0.2, 0) is 0 Å². The van der Waals surface area contributed by atoms with E-state index in [4.69, 9.17) is 0 Å². The Morgan fingerprint density at radius 2 is 1.50 bits per heavy atom. The van der Waals surface area contributed by atoms with Crippen molar-refractivity contribution >= 4 is 0 Å². The highest BCUT2D eigenvalue weighted by Gasteiger charge is 2.54. The summed E-state index contributed by atoms with van der Waals surface area (Å²) in [6.45, 7) is 0. The van der Waals surface area contributed by atoms with E-state index in [1.807, 2.05) is 0 Å². The molecule has 1 unspecified atom stereocenters. The molecular weight excluding hydrogens is 172 g/mol. The standard InChI is InChI=1S/C12H22N2/c1-3-7-11(8-4-1)14-12(13-14)9-5-2-6-10-12/h11,13H,1-10H2. The first-order chi connectivity index (χ1) is 6.91. The van der Waals surface area contributed by atoms with Crippen LogP contribution in [0.1, 0.15) is 64.2 Å². The summed E-state index contributed by atoms with van der Waals surface area (Å²) in [7, 11) is 0. The van der Waals surface area contributed by atoms with E-state index < -0.39 is 0 Å². The van der Waals surface area contributed by atoms with Crippen molar-refractivity contribution in [1.82, 2.24) is 10.4 Å². The van der Waals surface area contributed by atoms with Crippen LogP contribution in [0.4, 0.5) is 0 Å². The predicted octanol–water partition coefficient (Wildman–Crippen LogP) is 2.80. The number of nitrogens with zero attached hydrogens (tertiary/aromatic N) is 1. The van der Waals surface area contributed by atoms with Gasteiger partial charge in [0, 0.05) is 6.04 Å². The largest absolute Gasteiger partial charge is 0.232 e. The zero-order chi connectivity index (χ0) is 9.43. The molecule has 80 valence electrons. The molecule has 0 amide bonds. The summed E-state index contributed by atoms with van der Waals surface area (Å²) in [6.07, 6.45) is 14.4. The first kappa shape index (κ1) is 9.17. The molecule has 1 aliphatic heterocycles. The van der Waals surface area contributed by atoms with Gasteiger partial charge >= 0.3 is 0 Å². The van der Waals surface area contributed by atoms with E-state index in [1.54, 1.807) is 0 Å². The zero-order valence-corrected chi connectivity index (χ0v) is 9.10. The van der Waals surface area contributed by atoms with E-state index in [1.165, 1.54) is 64.2 Å². The maximum Gasteiger partial charge on any atom is 0.0977 e. The molecular formula is C12H22N2. The van der Waals surface area contributed by atoms with Gasteiger partial charge in [0.25, 0.3) is 0 Å². The van der Waals surface area contributed by atoms with Gasteiger partial charge in [0.05, 0.1) is 5.66 Å². The fourth-order valence-electron chi connectivity index (χ4n) is 3.47. The average molecular weight is 194 g/mol. The maximum atomic E-state index is 3.69. The molecule has 1 spiro atoms. The molecule has 0 bridgehead atoms. The van der Waals surface area contributed by atoms with Crippen LogP contribution in [-0.4, -0.2) is 16.7 Å². The van der Waals surface area contributed by atoms with Gasteiger partial charge in [0.2, 0.25) is 0 Å². The van der Waals surface area contributed by atoms with E-state index in [0.717, 1.165) is 6.04 Å². The molecule has 0 aromatic carbocycles. The van der Waals surface area contributed by atoms with E-state index in [-0.39, 0.29) is 0 Å². The molecule has 0 aromatic rings. The summed E-state index contributed by atoms with van der Waals surface area (Å²) in [6, 6.07) is 0.877. The van der Waals surface area contributed by atoms with Crippen molar-refractivity contribution in [2.45, 2.75) is 75.9 Å². The zero-order valence-electron chi connectivity index (χ0n) is 9.10. The van der Waals surface area contributed by atoms with Gasteiger partial charge in [-0.15, -0.1) is 0 Å². The highest BCUT2D eigenvalue weighted by atomic mass is 15.8. The van der Waals surface area contributed by atoms with Crippen LogP contribution in [0.25, 0.3) is 0 Å². The molecule has 2 saturated carbocycles. The molecule has 1 N–H and O–H groups in total. The third kappa shape index (κ3) is 1.49. The third-order valence-corrected chi connectivity index (χ3v) is 4.36. The van der Waals surface area contributed by atoms with Crippen LogP contribution >= 0.6 is 0 Å². The Labute approximate surface area is 87.0 Å². The van der Waals surface area contributed by atoms with E-state index in [2.05, 4.69) is 10.4 Å². The Hall–Kier alpha value is -0.0800. The highest BCUT2D eigenvalue weighted by molar-refractivity contribution is 5.02. The molecule has 0 aromatic heterocycles. The van der Waals surface area contributed by atoms with Crippen LogP contribution in [0.5, 0.6) is 0 Å². The monoisotopic (exact) mass is 194 g/mol. The summed E-state index contributed by atoms with van der Waals surface area (Å²) in [5, 5.41) is 2.62. The van der Waals surface area contributed by atoms with E-state index in [9.17, 15) is 0 Å². The number of rotatable bonds is 1. The molecule has 1 atom stereocenters. The Morgan fingerprint density at radius 1 is 0.857 bits per heavy atom. The normalized spacial score (nSPS) is 37.3. The Bertz CT molecular complexity index is 202. The summed E-state index contributed by atoms with van der Waals surface area (Å²) in [4.78, 5) is 0. The molecule has 3 aliphatic rings. The quantitative estimate of drug-likeness (QED) is 0.649. The minimum absolute atomic E-state index is 0.486. The molecule has 2 aliphatic carbocycles. The second kappa shape index (κ2) is 3.49. The first-order valence-corrected chi connectivity index (χ1v) is 6.48. The molecule has 2 heteroatoms. The van der Waals surface area contributed by atoms with Crippen molar-refractivity contribution < 1.29 is 0 Å². The lowest BCUT2D eigenvalue weighted by Gasteiger charge is -2.27. The van der Waals surface area contributed by atoms with Gasteiger partial charge in [0.1, 0.15) is 0 Å².